The standard InChI is InChI=1S/C16H18FN3O/c1-10-5-7-11(8-6-10)19-16(21)14-9-18-15-12(17)3-2-4-13(15)20-14/h2-4,9-11H,5-8H2,1H3,(H,19,21). The van der Waals surface area contributed by atoms with Crippen LogP contribution in [0.15, 0.2) is 24.4 Å². The summed E-state index contributed by atoms with van der Waals surface area (Å²) in [5.41, 5.74) is 0.840. The molecule has 3 rings (SSSR count). The third kappa shape index (κ3) is 3.01. The van der Waals surface area contributed by atoms with Crippen LogP contribution in [0.1, 0.15) is 43.1 Å². The smallest absolute Gasteiger partial charge is 0.271 e. The van der Waals surface area contributed by atoms with Gasteiger partial charge in [0.15, 0.2) is 5.82 Å². The second-order valence-corrected chi connectivity index (χ2v) is 5.79. The molecule has 5 heteroatoms. The van der Waals surface area contributed by atoms with E-state index in [0.717, 1.165) is 31.6 Å². The van der Waals surface area contributed by atoms with Gasteiger partial charge in [-0.25, -0.2) is 14.4 Å². The van der Waals surface area contributed by atoms with E-state index >= 15 is 0 Å². The van der Waals surface area contributed by atoms with E-state index in [1.165, 1.54) is 12.3 Å². The van der Waals surface area contributed by atoms with Gasteiger partial charge < -0.3 is 5.32 Å². The van der Waals surface area contributed by atoms with E-state index in [1.54, 1.807) is 12.1 Å². The zero-order valence-electron chi connectivity index (χ0n) is 12.0. The van der Waals surface area contributed by atoms with Gasteiger partial charge >= 0.3 is 0 Å². The molecule has 110 valence electrons. The van der Waals surface area contributed by atoms with Gasteiger partial charge in [0, 0.05) is 6.04 Å². The van der Waals surface area contributed by atoms with Crippen LogP contribution in [-0.4, -0.2) is 21.9 Å². The van der Waals surface area contributed by atoms with Crippen LogP contribution in [0.2, 0.25) is 0 Å². The Morgan fingerprint density at radius 1 is 1.29 bits per heavy atom. The zero-order chi connectivity index (χ0) is 14.8. The number of amides is 1. The van der Waals surface area contributed by atoms with E-state index in [1.807, 2.05) is 0 Å². The van der Waals surface area contributed by atoms with Crippen LogP contribution in [0.3, 0.4) is 0 Å². The molecule has 0 unspecified atom stereocenters. The van der Waals surface area contributed by atoms with Gasteiger partial charge in [-0.2, -0.15) is 0 Å². The van der Waals surface area contributed by atoms with Gasteiger partial charge in [-0.3, -0.25) is 4.79 Å². The molecule has 0 atom stereocenters. The summed E-state index contributed by atoms with van der Waals surface area (Å²) in [5, 5.41) is 3.00. The van der Waals surface area contributed by atoms with Crippen molar-refractivity contribution in [2.75, 3.05) is 0 Å². The molecule has 0 spiro atoms. The number of rotatable bonds is 2. The first-order chi connectivity index (χ1) is 10.1. The number of nitrogens with zero attached hydrogens (tertiary/aromatic N) is 2. The lowest BCUT2D eigenvalue weighted by atomic mass is 9.87. The molecule has 1 aromatic carbocycles. The molecule has 2 aromatic rings. The summed E-state index contributed by atoms with van der Waals surface area (Å²) in [7, 11) is 0. The third-order valence-electron chi connectivity index (χ3n) is 4.11. The highest BCUT2D eigenvalue weighted by atomic mass is 19.1. The highest BCUT2D eigenvalue weighted by molar-refractivity contribution is 5.94. The second kappa shape index (κ2) is 5.76. The Kier molecular flexibility index (Phi) is 3.82. The molecule has 0 bridgehead atoms. The van der Waals surface area contributed by atoms with Crippen LogP contribution in [0.4, 0.5) is 4.39 Å². The van der Waals surface area contributed by atoms with Gasteiger partial charge in [0.05, 0.1) is 11.7 Å². The van der Waals surface area contributed by atoms with Gasteiger partial charge in [-0.1, -0.05) is 13.0 Å². The van der Waals surface area contributed by atoms with Crippen molar-refractivity contribution >= 4 is 16.9 Å². The van der Waals surface area contributed by atoms with Crippen molar-refractivity contribution in [3.63, 3.8) is 0 Å². The number of carbonyl (C=O) groups is 1. The van der Waals surface area contributed by atoms with Gasteiger partial charge in [0.2, 0.25) is 0 Å². The van der Waals surface area contributed by atoms with Crippen LogP contribution in [0.5, 0.6) is 0 Å². The first-order valence-electron chi connectivity index (χ1n) is 7.35. The lowest BCUT2D eigenvalue weighted by Gasteiger charge is -2.26. The van der Waals surface area contributed by atoms with Gasteiger partial charge in [-0.15, -0.1) is 0 Å². The molecule has 1 aliphatic carbocycles. The van der Waals surface area contributed by atoms with Crippen LogP contribution < -0.4 is 5.32 Å². The average Bonchev–Trinajstić information content (AvgIpc) is 2.49. The van der Waals surface area contributed by atoms with E-state index < -0.39 is 5.82 Å². The van der Waals surface area contributed by atoms with Gasteiger partial charge in [0.25, 0.3) is 5.91 Å². The van der Waals surface area contributed by atoms with Crippen molar-refractivity contribution in [2.45, 2.75) is 38.6 Å². The number of nitrogens with one attached hydrogen (secondary N) is 1. The summed E-state index contributed by atoms with van der Waals surface area (Å²) < 4.78 is 13.5. The minimum absolute atomic E-state index is 0.195. The minimum atomic E-state index is -0.423. The van der Waals surface area contributed by atoms with Crippen molar-refractivity contribution in [3.8, 4) is 0 Å². The minimum Gasteiger partial charge on any atom is -0.348 e. The predicted octanol–water partition coefficient (Wildman–Crippen LogP) is 3.08. The van der Waals surface area contributed by atoms with Crippen molar-refractivity contribution < 1.29 is 9.18 Å². The van der Waals surface area contributed by atoms with E-state index in [2.05, 4.69) is 22.2 Å². The molecule has 21 heavy (non-hydrogen) atoms. The average molecular weight is 287 g/mol. The van der Waals surface area contributed by atoms with Crippen LogP contribution in [0, 0.1) is 11.7 Å². The van der Waals surface area contributed by atoms with Crippen molar-refractivity contribution in [1.29, 1.82) is 0 Å². The van der Waals surface area contributed by atoms with Crippen LogP contribution in [0.25, 0.3) is 11.0 Å². The largest absolute Gasteiger partial charge is 0.348 e. The Morgan fingerprint density at radius 2 is 2.05 bits per heavy atom. The first-order valence-corrected chi connectivity index (χ1v) is 7.35. The molecule has 1 fully saturated rings. The Balaban J connectivity index is 1.75. The fourth-order valence-corrected chi connectivity index (χ4v) is 2.78. The molecule has 1 saturated carbocycles. The Morgan fingerprint density at radius 3 is 2.81 bits per heavy atom. The molecule has 0 aliphatic heterocycles. The summed E-state index contributed by atoms with van der Waals surface area (Å²) in [6, 6.07) is 4.76. The van der Waals surface area contributed by atoms with Crippen molar-refractivity contribution in [1.82, 2.24) is 15.3 Å². The third-order valence-corrected chi connectivity index (χ3v) is 4.11. The SMILES string of the molecule is CC1CCC(NC(=O)c2cnc3c(F)cccc3n2)CC1. The Hall–Kier alpha value is -2.04. The van der Waals surface area contributed by atoms with E-state index in [9.17, 15) is 9.18 Å². The molecule has 1 aliphatic rings. The summed E-state index contributed by atoms with van der Waals surface area (Å²) >= 11 is 0. The van der Waals surface area contributed by atoms with Crippen LogP contribution >= 0.6 is 0 Å². The number of hydrogen-bond donors (Lipinski definition) is 1. The van der Waals surface area contributed by atoms with Crippen molar-refractivity contribution in [2.24, 2.45) is 5.92 Å². The number of aromatic nitrogens is 2. The summed E-state index contributed by atoms with van der Waals surface area (Å²) in [4.78, 5) is 20.4. The predicted molar refractivity (Wildman–Crippen MR) is 78.4 cm³/mol. The molecule has 1 N–H and O–H groups in total. The fraction of sp³-hybridized carbons (Fsp3) is 0.438. The Bertz CT molecular complexity index is 666. The molecule has 1 aromatic heterocycles. The fourth-order valence-electron chi connectivity index (χ4n) is 2.78. The first kappa shape index (κ1) is 13.9. The topological polar surface area (TPSA) is 54.9 Å². The molecule has 0 radical (unpaired) electrons. The van der Waals surface area contributed by atoms with Crippen LogP contribution in [-0.2, 0) is 0 Å². The summed E-state index contributed by atoms with van der Waals surface area (Å²) in [6.45, 7) is 2.24. The maximum Gasteiger partial charge on any atom is 0.271 e. The second-order valence-electron chi connectivity index (χ2n) is 5.79. The van der Waals surface area contributed by atoms with Gasteiger partial charge in [-0.05, 0) is 43.7 Å². The number of hydrogen-bond acceptors (Lipinski definition) is 3. The Labute approximate surface area is 122 Å². The number of benzene rings is 1. The quantitative estimate of drug-likeness (QED) is 0.923. The number of carbonyl (C=O) groups excluding carboxylic acids is 1. The lowest BCUT2D eigenvalue weighted by Crippen LogP contribution is -2.37. The number of fused-ring (bicyclic) bond motifs is 1. The molecule has 4 nitrogen and oxygen atoms in total. The maximum absolute atomic E-state index is 13.5. The summed E-state index contributed by atoms with van der Waals surface area (Å²) in [5.74, 6) is 0.0861. The highest BCUT2D eigenvalue weighted by Crippen LogP contribution is 2.23. The van der Waals surface area contributed by atoms with Gasteiger partial charge in [0.1, 0.15) is 11.2 Å². The number of halogens is 1. The normalized spacial score (nSPS) is 22.2. The zero-order valence-corrected chi connectivity index (χ0v) is 12.0. The maximum atomic E-state index is 13.5. The highest BCUT2D eigenvalue weighted by Gasteiger charge is 2.21. The van der Waals surface area contributed by atoms with E-state index in [4.69, 9.17) is 0 Å². The monoisotopic (exact) mass is 287 g/mol. The molecule has 1 heterocycles. The molecule has 1 amide bonds. The molecular weight excluding hydrogens is 269 g/mol. The molecule has 0 saturated heterocycles. The molecular formula is C16H18FN3O. The summed E-state index contributed by atoms with van der Waals surface area (Å²) in [6.07, 6.45) is 5.62. The van der Waals surface area contributed by atoms with Crippen molar-refractivity contribution in [3.05, 3.63) is 35.9 Å². The van der Waals surface area contributed by atoms with E-state index in [0.29, 0.717) is 5.52 Å². The number of para-hydroxylation sites is 1. The lowest BCUT2D eigenvalue weighted by molar-refractivity contribution is 0.0918. The van der Waals surface area contributed by atoms with E-state index in [-0.39, 0.29) is 23.2 Å².